The van der Waals surface area contributed by atoms with Gasteiger partial charge in [0, 0.05) is 24.8 Å². The van der Waals surface area contributed by atoms with Crippen LogP contribution in [0.5, 0.6) is 0 Å². The summed E-state index contributed by atoms with van der Waals surface area (Å²) in [6, 6.07) is 10.7. The maximum Gasteiger partial charge on any atom is 0.244 e. The summed E-state index contributed by atoms with van der Waals surface area (Å²) in [7, 11) is -3.56. The zero-order valence-electron chi connectivity index (χ0n) is 15.3. The molecule has 1 aliphatic heterocycles. The van der Waals surface area contributed by atoms with Crippen molar-refractivity contribution in [2.24, 2.45) is 0 Å². The number of nitrogens with zero attached hydrogens (tertiary/aromatic N) is 2. The van der Waals surface area contributed by atoms with E-state index < -0.39 is 10.0 Å². The van der Waals surface area contributed by atoms with Crippen molar-refractivity contribution in [2.75, 3.05) is 26.3 Å². The number of ether oxygens (including phenoxy) is 1. The summed E-state index contributed by atoms with van der Waals surface area (Å²) in [5.74, 6) is 0.0202. The summed E-state index contributed by atoms with van der Waals surface area (Å²) in [5, 5.41) is 0.297. The van der Waals surface area contributed by atoms with E-state index >= 15 is 0 Å². The van der Waals surface area contributed by atoms with Crippen molar-refractivity contribution in [3.05, 3.63) is 53.7 Å². The van der Waals surface area contributed by atoms with Gasteiger partial charge in [-0.05, 0) is 26.0 Å². The number of hydrogen-bond acceptors (Lipinski definition) is 6. The summed E-state index contributed by atoms with van der Waals surface area (Å²) in [5.41, 5.74) is 1.76. The second-order valence-electron chi connectivity index (χ2n) is 6.34. The van der Waals surface area contributed by atoms with Gasteiger partial charge in [0.1, 0.15) is 4.90 Å². The van der Waals surface area contributed by atoms with Gasteiger partial charge in [-0.2, -0.15) is 4.31 Å². The highest BCUT2D eigenvalue weighted by Crippen LogP contribution is 2.26. The minimum Gasteiger partial charge on any atom is -0.379 e. The van der Waals surface area contributed by atoms with E-state index in [-0.39, 0.29) is 15.9 Å². The molecule has 1 aliphatic rings. The smallest absolute Gasteiger partial charge is 0.244 e. The van der Waals surface area contributed by atoms with Crippen LogP contribution in [0.15, 0.2) is 52.5 Å². The molecule has 1 atom stereocenters. The predicted molar refractivity (Wildman–Crippen MR) is 105 cm³/mol. The Bertz CT molecular complexity index is 890. The lowest BCUT2D eigenvalue weighted by Gasteiger charge is -2.25. The third-order valence-corrected chi connectivity index (χ3v) is 7.25. The van der Waals surface area contributed by atoms with Crippen molar-refractivity contribution in [3.8, 4) is 0 Å². The van der Waals surface area contributed by atoms with E-state index in [1.807, 2.05) is 38.1 Å². The molecule has 0 saturated carbocycles. The van der Waals surface area contributed by atoms with Crippen LogP contribution in [-0.4, -0.2) is 55.0 Å². The predicted octanol–water partition coefficient (Wildman–Crippen LogP) is 2.77. The third-order valence-electron chi connectivity index (χ3n) is 4.32. The number of benzene rings is 1. The molecule has 0 unspecified atom stereocenters. The zero-order valence-corrected chi connectivity index (χ0v) is 16.9. The number of carbonyl (C=O) groups is 1. The van der Waals surface area contributed by atoms with E-state index in [0.717, 1.165) is 5.56 Å². The number of ketones is 1. The molecule has 2 aromatic rings. The topological polar surface area (TPSA) is 76.6 Å². The van der Waals surface area contributed by atoms with Gasteiger partial charge in [0.2, 0.25) is 10.0 Å². The van der Waals surface area contributed by atoms with Crippen LogP contribution < -0.4 is 0 Å². The van der Waals surface area contributed by atoms with E-state index in [0.29, 0.717) is 36.9 Å². The highest BCUT2D eigenvalue weighted by Gasteiger charge is 2.26. The Labute approximate surface area is 164 Å². The standard InChI is InChI=1S/C19H22N2O4S2/c1-14-3-5-16(6-4-14)19(22)15(2)26-18-8-7-17(13-20-18)27(23,24)21-9-11-25-12-10-21/h3-8,13,15H,9-12H2,1-2H3/t15-/m0/s1. The Balaban J connectivity index is 1.68. The fraction of sp³-hybridized carbons (Fsp3) is 0.368. The van der Waals surface area contributed by atoms with Crippen molar-refractivity contribution >= 4 is 27.6 Å². The first kappa shape index (κ1) is 20.0. The average molecular weight is 407 g/mol. The van der Waals surface area contributed by atoms with Gasteiger partial charge in [-0.15, -0.1) is 0 Å². The Morgan fingerprint density at radius 3 is 2.41 bits per heavy atom. The molecule has 0 aliphatic carbocycles. The Morgan fingerprint density at radius 2 is 1.81 bits per heavy atom. The van der Waals surface area contributed by atoms with Crippen molar-refractivity contribution in [3.63, 3.8) is 0 Å². The number of aryl methyl sites for hydroxylation is 1. The molecule has 144 valence electrons. The van der Waals surface area contributed by atoms with Crippen LogP contribution in [0, 0.1) is 6.92 Å². The molecular weight excluding hydrogens is 384 g/mol. The van der Waals surface area contributed by atoms with Gasteiger partial charge in [0.05, 0.1) is 23.5 Å². The van der Waals surface area contributed by atoms with Crippen LogP contribution in [0.25, 0.3) is 0 Å². The quantitative estimate of drug-likeness (QED) is 0.542. The molecule has 0 amide bonds. The van der Waals surface area contributed by atoms with E-state index in [1.165, 1.54) is 22.3 Å². The van der Waals surface area contributed by atoms with Crippen LogP contribution >= 0.6 is 11.8 Å². The molecular formula is C19H22N2O4S2. The average Bonchev–Trinajstić information content (AvgIpc) is 2.69. The number of rotatable bonds is 6. The van der Waals surface area contributed by atoms with Gasteiger partial charge in [-0.3, -0.25) is 4.79 Å². The number of pyridine rings is 1. The van der Waals surface area contributed by atoms with E-state index in [1.54, 1.807) is 12.1 Å². The molecule has 0 N–H and O–H groups in total. The molecule has 2 heterocycles. The number of thioether (sulfide) groups is 1. The second kappa shape index (κ2) is 8.52. The third kappa shape index (κ3) is 4.76. The molecule has 3 rings (SSSR count). The molecule has 1 aromatic carbocycles. The first-order valence-corrected chi connectivity index (χ1v) is 11.0. The highest BCUT2D eigenvalue weighted by molar-refractivity contribution is 8.00. The van der Waals surface area contributed by atoms with Crippen LogP contribution in [0.3, 0.4) is 0 Å². The maximum absolute atomic E-state index is 12.6. The van der Waals surface area contributed by atoms with Crippen LogP contribution in [-0.2, 0) is 14.8 Å². The minimum absolute atomic E-state index is 0.0202. The molecule has 27 heavy (non-hydrogen) atoms. The van der Waals surface area contributed by atoms with Crippen LogP contribution in [0.2, 0.25) is 0 Å². The summed E-state index contributed by atoms with van der Waals surface area (Å²) in [6.07, 6.45) is 1.36. The Kier molecular flexibility index (Phi) is 6.31. The Hall–Kier alpha value is -1.74. The number of aromatic nitrogens is 1. The molecule has 1 fully saturated rings. The fourth-order valence-corrected chi connectivity index (χ4v) is 4.93. The summed E-state index contributed by atoms with van der Waals surface area (Å²) < 4.78 is 31.8. The number of Topliss-reactive ketones (excluding diaryl/α,β-unsaturated/α-hetero) is 1. The molecule has 1 saturated heterocycles. The van der Waals surface area contributed by atoms with E-state index in [9.17, 15) is 13.2 Å². The molecule has 0 spiro atoms. The molecule has 0 radical (unpaired) electrons. The van der Waals surface area contributed by atoms with Gasteiger partial charge in [0.15, 0.2) is 5.78 Å². The summed E-state index contributed by atoms with van der Waals surface area (Å²) in [6.45, 7) is 5.30. The number of morpholine rings is 1. The SMILES string of the molecule is Cc1ccc(C(=O)[C@H](C)Sc2ccc(S(=O)(=O)N3CCOCC3)cn2)cc1. The first-order valence-electron chi connectivity index (χ1n) is 8.69. The number of hydrogen-bond donors (Lipinski definition) is 0. The highest BCUT2D eigenvalue weighted by atomic mass is 32.2. The largest absolute Gasteiger partial charge is 0.379 e. The fourth-order valence-electron chi connectivity index (χ4n) is 2.71. The van der Waals surface area contributed by atoms with Crippen molar-refractivity contribution in [1.82, 2.24) is 9.29 Å². The Morgan fingerprint density at radius 1 is 1.15 bits per heavy atom. The lowest BCUT2D eigenvalue weighted by atomic mass is 10.1. The maximum atomic E-state index is 12.6. The second-order valence-corrected chi connectivity index (χ2v) is 9.64. The van der Waals surface area contributed by atoms with Gasteiger partial charge in [-0.25, -0.2) is 13.4 Å². The normalized spacial score (nSPS) is 16.8. The number of sulfonamides is 1. The lowest BCUT2D eigenvalue weighted by molar-refractivity contribution is 0.0730. The minimum atomic E-state index is -3.56. The van der Waals surface area contributed by atoms with Gasteiger partial charge < -0.3 is 4.74 Å². The van der Waals surface area contributed by atoms with Gasteiger partial charge in [-0.1, -0.05) is 41.6 Å². The van der Waals surface area contributed by atoms with E-state index in [2.05, 4.69) is 4.98 Å². The van der Waals surface area contributed by atoms with Crippen molar-refractivity contribution in [1.29, 1.82) is 0 Å². The molecule has 6 nitrogen and oxygen atoms in total. The monoisotopic (exact) mass is 406 g/mol. The lowest BCUT2D eigenvalue weighted by Crippen LogP contribution is -2.40. The van der Waals surface area contributed by atoms with Crippen LogP contribution in [0.4, 0.5) is 0 Å². The van der Waals surface area contributed by atoms with Crippen molar-refractivity contribution < 1.29 is 17.9 Å². The van der Waals surface area contributed by atoms with Crippen LogP contribution in [0.1, 0.15) is 22.8 Å². The molecule has 1 aromatic heterocycles. The van der Waals surface area contributed by atoms with Crippen molar-refractivity contribution in [2.45, 2.75) is 29.0 Å². The zero-order chi connectivity index (χ0) is 19.4. The first-order chi connectivity index (χ1) is 12.9. The van der Waals surface area contributed by atoms with E-state index in [4.69, 9.17) is 4.74 Å². The molecule has 0 bridgehead atoms. The summed E-state index contributed by atoms with van der Waals surface area (Å²) in [4.78, 5) is 16.9. The van der Waals surface area contributed by atoms with Gasteiger partial charge in [0.25, 0.3) is 0 Å². The molecule has 8 heteroatoms. The summed E-state index contributed by atoms with van der Waals surface area (Å²) >= 11 is 1.32. The van der Waals surface area contributed by atoms with Gasteiger partial charge >= 0.3 is 0 Å². The number of carbonyl (C=O) groups excluding carboxylic acids is 1.